The minimum atomic E-state index is 0.436. The molecular weight excluding hydrogens is 452 g/mol. The Kier molecular flexibility index (Phi) is 6.62. The van der Waals surface area contributed by atoms with Crippen LogP contribution in [0.4, 0.5) is 23.1 Å². The average molecular weight is 485 g/mol. The molecule has 1 aliphatic carbocycles. The summed E-state index contributed by atoms with van der Waals surface area (Å²) in [7, 11) is 0. The van der Waals surface area contributed by atoms with Gasteiger partial charge in [0.2, 0.25) is 5.95 Å². The van der Waals surface area contributed by atoms with E-state index in [2.05, 4.69) is 49.4 Å². The van der Waals surface area contributed by atoms with E-state index < -0.39 is 0 Å². The van der Waals surface area contributed by atoms with Gasteiger partial charge in [0.15, 0.2) is 17.0 Å². The van der Waals surface area contributed by atoms with Crippen molar-refractivity contribution in [3.63, 3.8) is 0 Å². The van der Waals surface area contributed by atoms with Gasteiger partial charge in [-0.05, 0) is 48.7 Å². The standard InChI is InChI=1S/C27H32N8O/c1-2-6-23(7-3-1)35-19-30-24-25(31-21-8-10-22(11-9-21)34-13-15-36-16-14-34)32-27(33-26(24)35)29-18-20-5-4-12-28-17-20/h4-5,8-12,17,19,23H,1-3,6-7,13-16,18H2,(H2,29,31,32,33). The summed E-state index contributed by atoms with van der Waals surface area (Å²) in [5, 5.41) is 6.90. The lowest BCUT2D eigenvalue weighted by Gasteiger charge is -2.28. The number of rotatable bonds is 7. The molecule has 1 saturated carbocycles. The number of hydrogen-bond acceptors (Lipinski definition) is 8. The molecule has 2 fully saturated rings. The van der Waals surface area contributed by atoms with E-state index in [-0.39, 0.29) is 0 Å². The lowest BCUT2D eigenvalue weighted by atomic mass is 9.95. The highest BCUT2D eigenvalue weighted by atomic mass is 16.5. The van der Waals surface area contributed by atoms with Gasteiger partial charge in [0.25, 0.3) is 0 Å². The van der Waals surface area contributed by atoms with Crippen molar-refractivity contribution in [2.75, 3.05) is 41.8 Å². The summed E-state index contributed by atoms with van der Waals surface area (Å²) in [6, 6.07) is 12.9. The van der Waals surface area contributed by atoms with Crippen molar-refractivity contribution in [3.05, 3.63) is 60.7 Å². The summed E-state index contributed by atoms with van der Waals surface area (Å²) >= 11 is 0. The molecule has 36 heavy (non-hydrogen) atoms. The maximum Gasteiger partial charge on any atom is 0.227 e. The number of aromatic nitrogens is 5. The van der Waals surface area contributed by atoms with Crippen molar-refractivity contribution in [1.29, 1.82) is 0 Å². The lowest BCUT2D eigenvalue weighted by molar-refractivity contribution is 0.122. The quantitative estimate of drug-likeness (QED) is 0.382. The van der Waals surface area contributed by atoms with Crippen molar-refractivity contribution in [3.8, 4) is 0 Å². The monoisotopic (exact) mass is 484 g/mol. The second-order valence-electron chi connectivity index (χ2n) is 9.50. The molecule has 6 rings (SSSR count). The first-order valence-electron chi connectivity index (χ1n) is 12.9. The van der Waals surface area contributed by atoms with Crippen LogP contribution in [0.1, 0.15) is 43.7 Å². The van der Waals surface area contributed by atoms with E-state index in [0.29, 0.717) is 24.4 Å². The zero-order valence-corrected chi connectivity index (χ0v) is 20.4. The summed E-state index contributed by atoms with van der Waals surface area (Å²) in [4.78, 5) is 21.0. The van der Waals surface area contributed by atoms with Gasteiger partial charge in [-0.25, -0.2) is 4.98 Å². The maximum absolute atomic E-state index is 5.48. The Balaban J connectivity index is 1.29. The summed E-state index contributed by atoms with van der Waals surface area (Å²) in [5.41, 5.74) is 4.92. The fourth-order valence-electron chi connectivity index (χ4n) is 5.11. The van der Waals surface area contributed by atoms with Crippen LogP contribution in [0, 0.1) is 0 Å². The Labute approximate surface area is 211 Å². The van der Waals surface area contributed by atoms with Gasteiger partial charge in [0.1, 0.15) is 0 Å². The number of pyridine rings is 1. The average Bonchev–Trinajstić information content (AvgIpc) is 3.38. The van der Waals surface area contributed by atoms with Crippen molar-refractivity contribution < 1.29 is 4.74 Å². The number of benzene rings is 1. The fraction of sp³-hybridized carbons (Fsp3) is 0.407. The number of hydrogen-bond donors (Lipinski definition) is 2. The maximum atomic E-state index is 5.48. The molecule has 9 nitrogen and oxygen atoms in total. The molecular formula is C27H32N8O. The number of imidazole rings is 1. The van der Waals surface area contributed by atoms with E-state index in [9.17, 15) is 0 Å². The van der Waals surface area contributed by atoms with Gasteiger partial charge in [-0.2, -0.15) is 9.97 Å². The largest absolute Gasteiger partial charge is 0.378 e. The van der Waals surface area contributed by atoms with E-state index in [4.69, 9.17) is 19.7 Å². The second kappa shape index (κ2) is 10.5. The van der Waals surface area contributed by atoms with Crippen LogP contribution in [-0.2, 0) is 11.3 Å². The van der Waals surface area contributed by atoms with Crippen molar-refractivity contribution in [1.82, 2.24) is 24.5 Å². The van der Waals surface area contributed by atoms with Crippen molar-refractivity contribution in [2.24, 2.45) is 0 Å². The van der Waals surface area contributed by atoms with Gasteiger partial charge in [-0.1, -0.05) is 25.3 Å². The molecule has 4 heterocycles. The fourth-order valence-corrected chi connectivity index (χ4v) is 5.11. The van der Waals surface area contributed by atoms with E-state index in [1.807, 2.05) is 24.7 Å². The SMILES string of the molecule is c1cncc(CNc2nc(Nc3ccc(N4CCOCC4)cc3)c3ncn(C4CCCCC4)c3n2)c1. The highest BCUT2D eigenvalue weighted by Crippen LogP contribution is 2.33. The molecule has 0 atom stereocenters. The minimum Gasteiger partial charge on any atom is -0.378 e. The third kappa shape index (κ3) is 4.97. The first-order chi connectivity index (χ1) is 17.8. The van der Waals surface area contributed by atoms with E-state index in [0.717, 1.165) is 48.7 Å². The predicted molar refractivity (Wildman–Crippen MR) is 142 cm³/mol. The molecule has 0 radical (unpaired) electrons. The number of fused-ring (bicyclic) bond motifs is 1. The first-order valence-corrected chi connectivity index (χ1v) is 12.9. The summed E-state index contributed by atoms with van der Waals surface area (Å²) in [6.45, 7) is 3.99. The molecule has 1 aromatic carbocycles. The van der Waals surface area contributed by atoms with Crippen LogP contribution in [0.3, 0.4) is 0 Å². The molecule has 0 unspecified atom stereocenters. The molecule has 9 heteroatoms. The van der Waals surface area contributed by atoms with Gasteiger partial charge in [0, 0.05) is 49.4 Å². The van der Waals surface area contributed by atoms with Gasteiger partial charge in [-0.3, -0.25) is 4.98 Å². The van der Waals surface area contributed by atoms with Crippen LogP contribution in [0.25, 0.3) is 11.2 Å². The highest BCUT2D eigenvalue weighted by Gasteiger charge is 2.21. The zero-order chi connectivity index (χ0) is 24.2. The molecule has 4 aromatic rings. The van der Waals surface area contributed by atoms with Crippen molar-refractivity contribution in [2.45, 2.75) is 44.7 Å². The molecule has 0 spiro atoms. The first kappa shape index (κ1) is 22.7. The van der Waals surface area contributed by atoms with Gasteiger partial charge in [0.05, 0.1) is 19.5 Å². The van der Waals surface area contributed by atoms with Gasteiger partial charge < -0.3 is 24.8 Å². The van der Waals surface area contributed by atoms with Crippen LogP contribution >= 0.6 is 0 Å². The third-order valence-electron chi connectivity index (χ3n) is 7.07. The smallest absolute Gasteiger partial charge is 0.227 e. The number of nitrogens with one attached hydrogen (secondary N) is 2. The lowest BCUT2D eigenvalue weighted by Crippen LogP contribution is -2.36. The van der Waals surface area contributed by atoms with Crippen molar-refractivity contribution >= 4 is 34.3 Å². The normalized spacial score (nSPS) is 16.8. The van der Waals surface area contributed by atoms with E-state index in [1.54, 1.807) is 6.20 Å². The number of morpholine rings is 1. The number of ether oxygens (including phenoxy) is 1. The molecule has 186 valence electrons. The van der Waals surface area contributed by atoms with Gasteiger partial charge in [-0.15, -0.1) is 0 Å². The van der Waals surface area contributed by atoms with Crippen LogP contribution in [0.5, 0.6) is 0 Å². The molecule has 2 N–H and O–H groups in total. The second-order valence-corrected chi connectivity index (χ2v) is 9.50. The van der Waals surface area contributed by atoms with Gasteiger partial charge >= 0.3 is 0 Å². The number of anilines is 4. The number of nitrogens with zero attached hydrogens (tertiary/aromatic N) is 6. The topological polar surface area (TPSA) is 93.0 Å². The third-order valence-corrected chi connectivity index (χ3v) is 7.07. The molecule has 2 aliphatic rings. The molecule has 3 aromatic heterocycles. The zero-order valence-electron chi connectivity index (χ0n) is 20.4. The highest BCUT2D eigenvalue weighted by molar-refractivity contribution is 5.86. The Hall–Kier alpha value is -3.72. The van der Waals surface area contributed by atoms with E-state index in [1.165, 1.54) is 37.8 Å². The Morgan fingerprint density at radius 3 is 2.58 bits per heavy atom. The Morgan fingerprint density at radius 1 is 0.972 bits per heavy atom. The Bertz CT molecular complexity index is 1280. The summed E-state index contributed by atoms with van der Waals surface area (Å²) in [6.07, 6.45) is 11.7. The minimum absolute atomic E-state index is 0.436. The molecule has 0 bridgehead atoms. The van der Waals surface area contributed by atoms with Crippen LogP contribution in [-0.4, -0.2) is 50.8 Å². The molecule has 1 aliphatic heterocycles. The summed E-state index contributed by atoms with van der Waals surface area (Å²) in [5.74, 6) is 1.29. The van der Waals surface area contributed by atoms with Crippen LogP contribution in [0.2, 0.25) is 0 Å². The Morgan fingerprint density at radius 2 is 1.81 bits per heavy atom. The predicted octanol–water partition coefficient (Wildman–Crippen LogP) is 4.92. The summed E-state index contributed by atoms with van der Waals surface area (Å²) < 4.78 is 7.73. The molecule has 0 amide bonds. The van der Waals surface area contributed by atoms with Crippen LogP contribution in [0.15, 0.2) is 55.1 Å². The van der Waals surface area contributed by atoms with E-state index >= 15 is 0 Å². The molecule has 1 saturated heterocycles. The van der Waals surface area contributed by atoms with Crippen LogP contribution < -0.4 is 15.5 Å².